The molecular weight excluding hydrogens is 405 g/mol. The first-order chi connectivity index (χ1) is 13.2. The number of sulfonamides is 1. The van der Waals surface area contributed by atoms with Gasteiger partial charge in [-0.3, -0.25) is 4.79 Å². The maximum Gasteiger partial charge on any atom is 0.243 e. The van der Waals surface area contributed by atoms with Gasteiger partial charge in [-0.2, -0.15) is 4.31 Å². The molecule has 1 amide bonds. The fourth-order valence-corrected chi connectivity index (χ4v) is 5.72. The van der Waals surface area contributed by atoms with Crippen molar-refractivity contribution in [1.29, 1.82) is 0 Å². The van der Waals surface area contributed by atoms with Crippen molar-refractivity contribution in [3.63, 3.8) is 0 Å². The number of carbonyl (C=O) groups excluding carboxylic acids is 1. The van der Waals surface area contributed by atoms with Crippen molar-refractivity contribution in [3.8, 4) is 0 Å². The highest BCUT2D eigenvalue weighted by molar-refractivity contribution is 7.89. The summed E-state index contributed by atoms with van der Waals surface area (Å²) in [6.07, 6.45) is 2.92. The maximum atomic E-state index is 13.3. The summed E-state index contributed by atoms with van der Waals surface area (Å²) >= 11 is 5.73. The highest BCUT2D eigenvalue weighted by Gasteiger charge is 2.35. The van der Waals surface area contributed by atoms with E-state index in [0.29, 0.717) is 12.8 Å². The molecular formula is C19H27ClFN3O3S. The van der Waals surface area contributed by atoms with E-state index in [1.807, 2.05) is 11.9 Å². The second kappa shape index (κ2) is 8.65. The van der Waals surface area contributed by atoms with Crippen LogP contribution in [0.4, 0.5) is 4.39 Å². The first-order valence-electron chi connectivity index (χ1n) is 9.60. The minimum Gasteiger partial charge on any atom is -0.342 e. The number of hydrogen-bond donors (Lipinski definition) is 0. The van der Waals surface area contributed by atoms with Crippen molar-refractivity contribution in [2.45, 2.75) is 36.6 Å². The Hall–Kier alpha value is -1.22. The molecule has 2 heterocycles. The van der Waals surface area contributed by atoms with Gasteiger partial charge in [-0.25, -0.2) is 12.8 Å². The maximum absolute atomic E-state index is 13.3. The van der Waals surface area contributed by atoms with Gasteiger partial charge in [0.1, 0.15) is 5.82 Å². The van der Waals surface area contributed by atoms with Crippen molar-refractivity contribution in [1.82, 2.24) is 14.1 Å². The number of amides is 1. The van der Waals surface area contributed by atoms with Crippen LogP contribution in [0.2, 0.25) is 5.02 Å². The summed E-state index contributed by atoms with van der Waals surface area (Å²) in [6.45, 7) is 2.52. The average molecular weight is 432 g/mol. The molecule has 0 bridgehead atoms. The van der Waals surface area contributed by atoms with Crippen LogP contribution in [0.25, 0.3) is 0 Å². The van der Waals surface area contributed by atoms with Crippen molar-refractivity contribution < 1.29 is 17.6 Å². The standard InChI is InChI=1S/C19H27ClFN3O3S/c1-22-9-7-15(8-10-22)23(2)19(25)14-5-11-24(12-6-14)28(26,27)16-3-4-18(21)17(20)13-16/h3-4,13-15H,5-12H2,1-2H3. The zero-order valence-corrected chi connectivity index (χ0v) is 17.8. The van der Waals surface area contributed by atoms with E-state index in [1.54, 1.807) is 0 Å². The van der Waals surface area contributed by atoms with E-state index in [0.717, 1.165) is 38.1 Å². The number of likely N-dealkylation sites (tertiary alicyclic amines) is 1. The fraction of sp³-hybridized carbons (Fsp3) is 0.632. The van der Waals surface area contributed by atoms with Crippen LogP contribution in [0.5, 0.6) is 0 Å². The lowest BCUT2D eigenvalue weighted by Gasteiger charge is -2.38. The Balaban J connectivity index is 1.60. The lowest BCUT2D eigenvalue weighted by atomic mass is 9.94. The summed E-state index contributed by atoms with van der Waals surface area (Å²) in [5, 5.41) is -0.217. The first kappa shape index (κ1) is 21.5. The molecule has 0 radical (unpaired) electrons. The van der Waals surface area contributed by atoms with Gasteiger partial charge >= 0.3 is 0 Å². The van der Waals surface area contributed by atoms with Gasteiger partial charge < -0.3 is 9.80 Å². The molecule has 28 heavy (non-hydrogen) atoms. The quantitative estimate of drug-likeness (QED) is 0.734. The number of hydrogen-bond acceptors (Lipinski definition) is 4. The molecule has 1 aromatic rings. The molecule has 0 saturated carbocycles. The van der Waals surface area contributed by atoms with E-state index in [2.05, 4.69) is 11.9 Å². The van der Waals surface area contributed by atoms with E-state index >= 15 is 0 Å². The molecule has 2 aliphatic heterocycles. The average Bonchev–Trinajstić information content (AvgIpc) is 2.69. The topological polar surface area (TPSA) is 60.9 Å². The third kappa shape index (κ3) is 4.50. The summed E-state index contributed by atoms with van der Waals surface area (Å²) in [5.74, 6) is -0.703. The minimum absolute atomic E-state index is 0.0212. The third-order valence-electron chi connectivity index (χ3n) is 5.92. The van der Waals surface area contributed by atoms with E-state index in [1.165, 1.54) is 10.4 Å². The smallest absolute Gasteiger partial charge is 0.243 e. The summed E-state index contributed by atoms with van der Waals surface area (Å²) in [4.78, 5) is 17.0. The van der Waals surface area contributed by atoms with Crippen molar-refractivity contribution in [3.05, 3.63) is 29.0 Å². The Morgan fingerprint density at radius 1 is 1.14 bits per heavy atom. The summed E-state index contributed by atoms with van der Waals surface area (Å²) in [5.41, 5.74) is 0. The summed E-state index contributed by atoms with van der Waals surface area (Å²) in [7, 11) is 0.203. The number of benzene rings is 1. The van der Waals surface area contributed by atoms with E-state index in [4.69, 9.17) is 11.6 Å². The van der Waals surface area contributed by atoms with Gasteiger partial charge in [0.05, 0.1) is 9.92 Å². The van der Waals surface area contributed by atoms with Gasteiger partial charge in [-0.1, -0.05) is 11.6 Å². The van der Waals surface area contributed by atoms with Gasteiger partial charge in [0.2, 0.25) is 15.9 Å². The normalized spacial score (nSPS) is 21.0. The highest BCUT2D eigenvalue weighted by atomic mass is 35.5. The second-order valence-electron chi connectivity index (χ2n) is 7.74. The van der Waals surface area contributed by atoms with Gasteiger partial charge in [0.25, 0.3) is 0 Å². The zero-order chi connectivity index (χ0) is 20.5. The van der Waals surface area contributed by atoms with Crippen LogP contribution in [-0.4, -0.2) is 74.7 Å². The Kier molecular flexibility index (Phi) is 6.64. The number of piperidine rings is 2. The van der Waals surface area contributed by atoms with Crippen molar-refractivity contribution in [2.24, 2.45) is 5.92 Å². The van der Waals surface area contributed by atoms with Crippen LogP contribution < -0.4 is 0 Å². The largest absolute Gasteiger partial charge is 0.342 e. The van der Waals surface area contributed by atoms with E-state index < -0.39 is 15.8 Å². The molecule has 0 spiro atoms. The minimum atomic E-state index is -3.75. The Bertz CT molecular complexity index is 820. The molecule has 3 rings (SSSR count). The SMILES string of the molecule is CN1CCC(N(C)C(=O)C2CCN(S(=O)(=O)c3ccc(F)c(Cl)c3)CC2)CC1. The predicted molar refractivity (Wildman–Crippen MR) is 106 cm³/mol. The van der Waals surface area contributed by atoms with Crippen LogP contribution in [0.3, 0.4) is 0 Å². The fourth-order valence-electron chi connectivity index (χ4n) is 3.98. The number of nitrogens with zero attached hydrogens (tertiary/aromatic N) is 3. The Morgan fingerprint density at radius 3 is 2.32 bits per heavy atom. The van der Waals surface area contributed by atoms with Crippen LogP contribution in [0.15, 0.2) is 23.1 Å². The predicted octanol–water partition coefficient (Wildman–Crippen LogP) is 2.43. The lowest BCUT2D eigenvalue weighted by Crippen LogP contribution is -2.48. The van der Waals surface area contributed by atoms with Gasteiger partial charge in [0.15, 0.2) is 0 Å². The third-order valence-corrected chi connectivity index (χ3v) is 8.10. The summed E-state index contributed by atoms with van der Waals surface area (Å²) < 4.78 is 40.3. The molecule has 156 valence electrons. The molecule has 0 aliphatic carbocycles. The highest BCUT2D eigenvalue weighted by Crippen LogP contribution is 2.28. The van der Waals surface area contributed by atoms with Gasteiger partial charge in [-0.15, -0.1) is 0 Å². The van der Waals surface area contributed by atoms with Crippen LogP contribution in [0, 0.1) is 11.7 Å². The monoisotopic (exact) mass is 431 g/mol. The molecule has 6 nitrogen and oxygen atoms in total. The van der Waals surface area contributed by atoms with Crippen molar-refractivity contribution in [2.75, 3.05) is 40.3 Å². The van der Waals surface area contributed by atoms with Gasteiger partial charge in [0, 0.05) is 32.1 Å². The zero-order valence-electron chi connectivity index (χ0n) is 16.3. The van der Waals surface area contributed by atoms with Gasteiger partial charge in [-0.05, 0) is 64.0 Å². The number of rotatable bonds is 4. The van der Waals surface area contributed by atoms with Crippen LogP contribution in [-0.2, 0) is 14.8 Å². The molecule has 2 saturated heterocycles. The molecule has 9 heteroatoms. The van der Waals surface area contributed by atoms with Crippen molar-refractivity contribution >= 4 is 27.5 Å². The Morgan fingerprint density at radius 2 is 1.75 bits per heavy atom. The molecule has 0 unspecified atom stereocenters. The van der Waals surface area contributed by atoms with E-state index in [-0.39, 0.29) is 40.9 Å². The van der Waals surface area contributed by atoms with Crippen LogP contribution >= 0.6 is 11.6 Å². The molecule has 0 aromatic heterocycles. The number of carbonyl (C=O) groups is 1. The molecule has 0 N–H and O–H groups in total. The molecule has 0 atom stereocenters. The van der Waals surface area contributed by atoms with Crippen LogP contribution in [0.1, 0.15) is 25.7 Å². The lowest BCUT2D eigenvalue weighted by molar-refractivity contribution is -0.138. The van der Waals surface area contributed by atoms with E-state index in [9.17, 15) is 17.6 Å². The molecule has 1 aromatic carbocycles. The molecule has 2 aliphatic rings. The Labute approximate surface area is 171 Å². The summed E-state index contributed by atoms with van der Waals surface area (Å²) in [6, 6.07) is 3.67. The second-order valence-corrected chi connectivity index (χ2v) is 10.1. The molecule has 2 fully saturated rings. The number of halogens is 2. The first-order valence-corrected chi connectivity index (χ1v) is 11.4.